The van der Waals surface area contributed by atoms with Crippen LogP contribution in [0.5, 0.6) is 17.2 Å². The van der Waals surface area contributed by atoms with Gasteiger partial charge in [0.05, 0.1) is 14.2 Å². The minimum atomic E-state index is -0.168. The molecule has 0 radical (unpaired) electrons. The van der Waals surface area contributed by atoms with E-state index in [0.717, 1.165) is 22.6 Å². The number of likely N-dealkylation sites (N-methyl/N-ethyl adjacent to an activating group) is 1. The van der Waals surface area contributed by atoms with Crippen LogP contribution in [-0.2, 0) is 4.79 Å². The Labute approximate surface area is 129 Å². The van der Waals surface area contributed by atoms with Crippen LogP contribution in [0, 0.1) is 0 Å². The molecule has 0 fully saturated rings. The summed E-state index contributed by atoms with van der Waals surface area (Å²) in [5, 5.41) is 2.51. The largest absolute Gasteiger partial charge is 0.497 e. The maximum atomic E-state index is 11.2. The quantitative estimate of drug-likeness (QED) is 0.890. The van der Waals surface area contributed by atoms with Gasteiger partial charge < -0.3 is 19.5 Å². The minimum Gasteiger partial charge on any atom is -0.497 e. The lowest BCUT2D eigenvalue weighted by Crippen LogP contribution is -2.24. The molecule has 2 aromatic carbocycles. The molecule has 0 heterocycles. The van der Waals surface area contributed by atoms with E-state index in [9.17, 15) is 4.79 Å². The van der Waals surface area contributed by atoms with E-state index in [0.29, 0.717) is 5.75 Å². The third-order valence-corrected chi connectivity index (χ3v) is 3.22. The smallest absolute Gasteiger partial charge is 0.257 e. The molecule has 0 saturated heterocycles. The van der Waals surface area contributed by atoms with E-state index in [2.05, 4.69) is 5.32 Å². The van der Waals surface area contributed by atoms with Crippen LogP contribution in [0.3, 0.4) is 0 Å². The predicted molar refractivity (Wildman–Crippen MR) is 84.5 cm³/mol. The molecular weight excluding hydrogens is 282 g/mol. The normalized spacial score (nSPS) is 9.95. The van der Waals surface area contributed by atoms with Gasteiger partial charge in [0.25, 0.3) is 5.91 Å². The van der Waals surface area contributed by atoms with Crippen LogP contribution in [0.4, 0.5) is 0 Å². The number of methoxy groups -OCH3 is 2. The standard InChI is InChI=1S/C17H19NO4/c1-18-17(19)11-22-13-6-4-12(5-7-13)15-10-14(20-2)8-9-16(15)21-3/h4-10H,11H2,1-3H3,(H,18,19). The van der Waals surface area contributed by atoms with Gasteiger partial charge in [-0.25, -0.2) is 0 Å². The van der Waals surface area contributed by atoms with Crippen molar-refractivity contribution < 1.29 is 19.0 Å². The van der Waals surface area contributed by atoms with Gasteiger partial charge in [-0.05, 0) is 35.9 Å². The number of hydrogen-bond acceptors (Lipinski definition) is 4. The fraction of sp³-hybridized carbons (Fsp3) is 0.235. The molecule has 0 aliphatic heterocycles. The van der Waals surface area contributed by atoms with Crippen LogP contribution in [-0.4, -0.2) is 33.8 Å². The first-order chi connectivity index (χ1) is 10.7. The molecule has 5 heteroatoms. The zero-order valence-electron chi connectivity index (χ0n) is 12.9. The fourth-order valence-electron chi connectivity index (χ4n) is 1.99. The molecule has 0 aliphatic carbocycles. The molecule has 5 nitrogen and oxygen atoms in total. The number of hydrogen-bond donors (Lipinski definition) is 1. The van der Waals surface area contributed by atoms with Crippen molar-refractivity contribution in [2.45, 2.75) is 0 Å². The van der Waals surface area contributed by atoms with Gasteiger partial charge in [-0.3, -0.25) is 4.79 Å². The number of rotatable bonds is 6. The van der Waals surface area contributed by atoms with Crippen molar-refractivity contribution in [1.29, 1.82) is 0 Å². The van der Waals surface area contributed by atoms with Gasteiger partial charge in [-0.1, -0.05) is 12.1 Å². The Balaban J connectivity index is 2.21. The Morgan fingerprint density at radius 3 is 2.27 bits per heavy atom. The zero-order chi connectivity index (χ0) is 15.9. The molecule has 0 bridgehead atoms. The minimum absolute atomic E-state index is 0.00166. The van der Waals surface area contributed by atoms with Crippen LogP contribution in [0.25, 0.3) is 11.1 Å². The number of ether oxygens (including phenoxy) is 3. The lowest BCUT2D eigenvalue weighted by molar-refractivity contribution is -0.122. The average molecular weight is 301 g/mol. The van der Waals surface area contributed by atoms with Crippen molar-refractivity contribution in [3.63, 3.8) is 0 Å². The van der Waals surface area contributed by atoms with Crippen molar-refractivity contribution in [3.05, 3.63) is 42.5 Å². The molecule has 116 valence electrons. The summed E-state index contributed by atoms with van der Waals surface area (Å²) < 4.78 is 16.0. The number of nitrogens with one attached hydrogen (secondary N) is 1. The van der Waals surface area contributed by atoms with E-state index in [1.807, 2.05) is 42.5 Å². The van der Waals surface area contributed by atoms with E-state index in [4.69, 9.17) is 14.2 Å². The molecule has 0 saturated carbocycles. The Hall–Kier alpha value is -2.69. The Morgan fingerprint density at radius 1 is 1.00 bits per heavy atom. The predicted octanol–water partition coefficient (Wildman–Crippen LogP) is 2.50. The molecule has 0 aromatic heterocycles. The van der Waals surface area contributed by atoms with Gasteiger partial charge in [-0.15, -0.1) is 0 Å². The summed E-state index contributed by atoms with van der Waals surface area (Å²) in [6.07, 6.45) is 0. The molecular formula is C17H19NO4. The molecule has 0 atom stereocenters. The van der Waals surface area contributed by atoms with Crippen LogP contribution >= 0.6 is 0 Å². The van der Waals surface area contributed by atoms with E-state index < -0.39 is 0 Å². The van der Waals surface area contributed by atoms with Gasteiger partial charge >= 0.3 is 0 Å². The fourth-order valence-corrected chi connectivity index (χ4v) is 1.99. The second-order valence-corrected chi connectivity index (χ2v) is 4.55. The molecule has 2 aromatic rings. The van der Waals surface area contributed by atoms with E-state index in [1.165, 1.54) is 0 Å². The first kappa shape index (κ1) is 15.7. The highest BCUT2D eigenvalue weighted by atomic mass is 16.5. The summed E-state index contributed by atoms with van der Waals surface area (Å²) in [6, 6.07) is 13.1. The average Bonchev–Trinajstić information content (AvgIpc) is 2.59. The second-order valence-electron chi connectivity index (χ2n) is 4.55. The SMILES string of the molecule is CNC(=O)COc1ccc(-c2cc(OC)ccc2OC)cc1. The van der Waals surface area contributed by atoms with Gasteiger partial charge in [0, 0.05) is 12.6 Å². The second kappa shape index (κ2) is 7.36. The molecule has 1 amide bonds. The lowest BCUT2D eigenvalue weighted by atomic mass is 10.0. The molecule has 1 N–H and O–H groups in total. The molecule has 2 rings (SSSR count). The summed E-state index contributed by atoms with van der Waals surface area (Å²) in [6.45, 7) is -0.00166. The summed E-state index contributed by atoms with van der Waals surface area (Å²) >= 11 is 0. The Kier molecular flexibility index (Phi) is 5.25. The molecule has 22 heavy (non-hydrogen) atoms. The monoisotopic (exact) mass is 301 g/mol. The maximum absolute atomic E-state index is 11.2. The maximum Gasteiger partial charge on any atom is 0.257 e. The highest BCUT2D eigenvalue weighted by Crippen LogP contribution is 2.34. The van der Waals surface area contributed by atoms with Crippen molar-refractivity contribution in [3.8, 4) is 28.4 Å². The van der Waals surface area contributed by atoms with Crippen molar-refractivity contribution >= 4 is 5.91 Å². The van der Waals surface area contributed by atoms with E-state index >= 15 is 0 Å². The number of carbonyl (C=O) groups is 1. The number of amides is 1. The van der Waals surface area contributed by atoms with Gasteiger partial charge in [0.1, 0.15) is 17.2 Å². The third kappa shape index (κ3) is 3.69. The number of benzene rings is 2. The molecule has 0 unspecified atom stereocenters. The van der Waals surface area contributed by atoms with Gasteiger partial charge in [0.2, 0.25) is 0 Å². The highest BCUT2D eigenvalue weighted by Gasteiger charge is 2.08. The van der Waals surface area contributed by atoms with Crippen LogP contribution in [0.1, 0.15) is 0 Å². The Morgan fingerprint density at radius 2 is 1.68 bits per heavy atom. The Bertz CT molecular complexity index is 638. The van der Waals surface area contributed by atoms with Gasteiger partial charge in [-0.2, -0.15) is 0 Å². The van der Waals surface area contributed by atoms with E-state index in [-0.39, 0.29) is 12.5 Å². The summed E-state index contributed by atoms with van der Waals surface area (Å²) in [4.78, 5) is 11.2. The number of carbonyl (C=O) groups excluding carboxylic acids is 1. The topological polar surface area (TPSA) is 56.8 Å². The summed E-state index contributed by atoms with van der Waals surface area (Å²) in [5.74, 6) is 1.99. The summed E-state index contributed by atoms with van der Waals surface area (Å²) in [7, 11) is 4.83. The third-order valence-electron chi connectivity index (χ3n) is 3.22. The first-order valence-electron chi connectivity index (χ1n) is 6.83. The first-order valence-corrected chi connectivity index (χ1v) is 6.83. The van der Waals surface area contributed by atoms with Gasteiger partial charge in [0.15, 0.2) is 6.61 Å². The van der Waals surface area contributed by atoms with E-state index in [1.54, 1.807) is 21.3 Å². The van der Waals surface area contributed by atoms with Crippen molar-refractivity contribution in [2.75, 3.05) is 27.9 Å². The highest BCUT2D eigenvalue weighted by molar-refractivity contribution is 5.77. The van der Waals surface area contributed by atoms with Crippen LogP contribution in [0.2, 0.25) is 0 Å². The molecule has 0 aliphatic rings. The van der Waals surface area contributed by atoms with Crippen LogP contribution in [0.15, 0.2) is 42.5 Å². The van der Waals surface area contributed by atoms with Crippen molar-refractivity contribution in [1.82, 2.24) is 5.32 Å². The van der Waals surface area contributed by atoms with Crippen LogP contribution < -0.4 is 19.5 Å². The molecule has 0 spiro atoms. The zero-order valence-corrected chi connectivity index (χ0v) is 12.9. The van der Waals surface area contributed by atoms with Crippen molar-refractivity contribution in [2.24, 2.45) is 0 Å². The summed E-state index contributed by atoms with van der Waals surface area (Å²) in [5.41, 5.74) is 1.91. The lowest BCUT2D eigenvalue weighted by Gasteiger charge is -2.11.